The van der Waals surface area contributed by atoms with Crippen molar-refractivity contribution >= 4 is 28.4 Å². The third kappa shape index (κ3) is 2.82. The molecule has 0 unspecified atom stereocenters. The number of hydrogen-bond acceptors (Lipinski definition) is 2. The van der Waals surface area contributed by atoms with Gasteiger partial charge in [-0.05, 0) is 29.7 Å². The van der Waals surface area contributed by atoms with Crippen molar-refractivity contribution in [3.63, 3.8) is 0 Å². The van der Waals surface area contributed by atoms with Gasteiger partial charge in [-0.2, -0.15) is 0 Å². The summed E-state index contributed by atoms with van der Waals surface area (Å²) in [6.07, 6.45) is 3.06. The maximum Gasteiger partial charge on any atom is 0.247 e. The molecule has 0 fully saturated rings. The molecule has 2 N–H and O–H groups in total. The molecule has 2 rings (SSSR count). The van der Waals surface area contributed by atoms with Crippen molar-refractivity contribution in [3.8, 4) is 0 Å². The molecule has 0 saturated heterocycles. The van der Waals surface area contributed by atoms with Gasteiger partial charge in [0.1, 0.15) is 6.54 Å². The van der Waals surface area contributed by atoms with Gasteiger partial charge in [0.05, 0.1) is 5.52 Å². The van der Waals surface area contributed by atoms with E-state index in [0.717, 1.165) is 10.9 Å². The van der Waals surface area contributed by atoms with Crippen molar-refractivity contribution in [2.75, 3.05) is 12.4 Å². The Balaban J connectivity index is 2.34. The SMILES string of the molecule is C=CC(=O)Nc1ccc2ccn(CC(=O)NC)c2c1. The molecule has 0 aliphatic rings. The largest absolute Gasteiger partial charge is 0.358 e. The molecule has 2 aromatic rings. The first-order valence-electron chi connectivity index (χ1n) is 5.87. The second-order valence-corrected chi connectivity index (χ2v) is 4.08. The van der Waals surface area contributed by atoms with Crippen molar-refractivity contribution in [2.45, 2.75) is 6.54 Å². The Kier molecular flexibility index (Phi) is 3.66. The summed E-state index contributed by atoms with van der Waals surface area (Å²) < 4.78 is 1.83. The van der Waals surface area contributed by atoms with Crippen LogP contribution in [0.25, 0.3) is 10.9 Å². The van der Waals surface area contributed by atoms with Crippen molar-refractivity contribution < 1.29 is 9.59 Å². The van der Waals surface area contributed by atoms with Crippen LogP contribution in [-0.4, -0.2) is 23.4 Å². The number of benzene rings is 1. The second-order valence-electron chi connectivity index (χ2n) is 4.08. The van der Waals surface area contributed by atoms with Crippen LogP contribution < -0.4 is 10.6 Å². The quantitative estimate of drug-likeness (QED) is 0.815. The number of nitrogens with one attached hydrogen (secondary N) is 2. The molecule has 0 aliphatic carbocycles. The van der Waals surface area contributed by atoms with E-state index in [1.54, 1.807) is 7.05 Å². The number of aromatic nitrogens is 1. The zero-order chi connectivity index (χ0) is 13.8. The van der Waals surface area contributed by atoms with E-state index in [0.29, 0.717) is 5.69 Å². The van der Waals surface area contributed by atoms with Crippen LogP contribution in [0.3, 0.4) is 0 Å². The molecule has 0 aliphatic heterocycles. The Hall–Kier alpha value is -2.56. The minimum atomic E-state index is -0.260. The highest BCUT2D eigenvalue weighted by atomic mass is 16.2. The van der Waals surface area contributed by atoms with Crippen LogP contribution in [0.1, 0.15) is 0 Å². The fourth-order valence-corrected chi connectivity index (χ4v) is 1.83. The third-order valence-corrected chi connectivity index (χ3v) is 2.82. The Labute approximate surface area is 110 Å². The first-order chi connectivity index (χ1) is 9.13. The van der Waals surface area contributed by atoms with Crippen molar-refractivity contribution in [2.24, 2.45) is 0 Å². The molecule has 0 radical (unpaired) electrons. The van der Waals surface area contributed by atoms with Gasteiger partial charge >= 0.3 is 0 Å². The lowest BCUT2D eigenvalue weighted by atomic mass is 10.2. The van der Waals surface area contributed by atoms with Gasteiger partial charge in [0, 0.05) is 18.9 Å². The Morgan fingerprint density at radius 1 is 1.37 bits per heavy atom. The van der Waals surface area contributed by atoms with Crippen LogP contribution in [0, 0.1) is 0 Å². The number of fused-ring (bicyclic) bond motifs is 1. The van der Waals surface area contributed by atoms with Gasteiger partial charge in [-0.1, -0.05) is 12.6 Å². The molecule has 2 amide bonds. The summed E-state index contributed by atoms with van der Waals surface area (Å²) in [7, 11) is 1.60. The topological polar surface area (TPSA) is 63.1 Å². The number of carbonyl (C=O) groups excluding carboxylic acids is 2. The average molecular weight is 257 g/mol. The predicted molar refractivity (Wildman–Crippen MR) is 74.8 cm³/mol. The van der Waals surface area contributed by atoms with Gasteiger partial charge in [0.2, 0.25) is 11.8 Å². The molecular weight excluding hydrogens is 242 g/mol. The molecule has 1 heterocycles. The van der Waals surface area contributed by atoms with E-state index < -0.39 is 0 Å². The maximum absolute atomic E-state index is 11.4. The number of hydrogen-bond donors (Lipinski definition) is 2. The molecule has 0 saturated carbocycles. The molecule has 0 atom stereocenters. The van der Waals surface area contributed by atoms with Crippen LogP contribution in [-0.2, 0) is 16.1 Å². The Morgan fingerprint density at radius 3 is 2.84 bits per heavy atom. The predicted octanol–water partition coefficient (Wildman–Crippen LogP) is 1.51. The highest BCUT2D eigenvalue weighted by Gasteiger charge is 2.06. The molecule has 5 heteroatoms. The van der Waals surface area contributed by atoms with Crippen LogP contribution in [0.4, 0.5) is 5.69 Å². The van der Waals surface area contributed by atoms with Crippen LogP contribution in [0.2, 0.25) is 0 Å². The van der Waals surface area contributed by atoms with E-state index in [1.165, 1.54) is 6.08 Å². The molecule has 19 heavy (non-hydrogen) atoms. The van der Waals surface area contributed by atoms with E-state index in [9.17, 15) is 9.59 Å². The zero-order valence-corrected chi connectivity index (χ0v) is 10.6. The minimum Gasteiger partial charge on any atom is -0.358 e. The molecule has 1 aromatic carbocycles. The van der Waals surface area contributed by atoms with Crippen molar-refractivity contribution in [3.05, 3.63) is 43.1 Å². The Bertz CT molecular complexity index is 643. The number of anilines is 1. The van der Waals surface area contributed by atoms with Crippen LogP contribution in [0.5, 0.6) is 0 Å². The van der Waals surface area contributed by atoms with E-state index in [-0.39, 0.29) is 18.4 Å². The first kappa shape index (κ1) is 12.9. The zero-order valence-electron chi connectivity index (χ0n) is 10.6. The van der Waals surface area contributed by atoms with Gasteiger partial charge in [0.15, 0.2) is 0 Å². The van der Waals surface area contributed by atoms with E-state index in [2.05, 4.69) is 17.2 Å². The smallest absolute Gasteiger partial charge is 0.247 e. The highest BCUT2D eigenvalue weighted by Crippen LogP contribution is 2.20. The fraction of sp³-hybridized carbons (Fsp3) is 0.143. The summed E-state index contributed by atoms with van der Waals surface area (Å²) in [5.41, 5.74) is 1.57. The van der Waals surface area contributed by atoms with Crippen LogP contribution >= 0.6 is 0 Å². The van der Waals surface area contributed by atoms with Gasteiger partial charge in [0.25, 0.3) is 0 Å². The molecular formula is C14H15N3O2. The molecule has 98 valence electrons. The molecule has 5 nitrogen and oxygen atoms in total. The molecule has 0 spiro atoms. The van der Waals surface area contributed by atoms with Gasteiger partial charge in [-0.25, -0.2) is 0 Å². The summed E-state index contributed by atoms with van der Waals surface area (Å²) in [6, 6.07) is 7.47. The molecule has 1 aromatic heterocycles. The number of rotatable bonds is 4. The molecule has 0 bridgehead atoms. The summed E-state index contributed by atoms with van der Waals surface area (Å²) >= 11 is 0. The maximum atomic E-state index is 11.4. The Morgan fingerprint density at radius 2 is 2.16 bits per heavy atom. The van der Waals surface area contributed by atoms with E-state index in [4.69, 9.17) is 0 Å². The standard InChI is InChI=1S/C14H15N3O2/c1-3-13(18)16-11-5-4-10-6-7-17(12(10)8-11)9-14(19)15-2/h3-8H,1,9H2,2H3,(H,15,19)(H,16,18). The summed E-state index contributed by atoms with van der Waals surface area (Å²) in [4.78, 5) is 22.7. The second kappa shape index (κ2) is 5.39. The minimum absolute atomic E-state index is 0.0713. The summed E-state index contributed by atoms with van der Waals surface area (Å²) in [5.74, 6) is -0.332. The van der Waals surface area contributed by atoms with E-state index in [1.807, 2.05) is 35.0 Å². The van der Waals surface area contributed by atoms with Gasteiger partial charge in [-0.3, -0.25) is 9.59 Å². The lowest BCUT2D eigenvalue weighted by Gasteiger charge is -2.06. The summed E-state index contributed by atoms with van der Waals surface area (Å²) in [5, 5.41) is 6.29. The number of nitrogens with zero attached hydrogens (tertiary/aromatic N) is 1. The normalized spacial score (nSPS) is 10.2. The summed E-state index contributed by atoms with van der Waals surface area (Å²) in [6.45, 7) is 3.66. The van der Waals surface area contributed by atoms with Crippen molar-refractivity contribution in [1.82, 2.24) is 9.88 Å². The monoisotopic (exact) mass is 257 g/mol. The number of likely N-dealkylation sites (N-methyl/N-ethyl adjacent to an activating group) is 1. The van der Waals surface area contributed by atoms with Crippen molar-refractivity contribution in [1.29, 1.82) is 0 Å². The van der Waals surface area contributed by atoms with Crippen LogP contribution in [0.15, 0.2) is 43.1 Å². The highest BCUT2D eigenvalue weighted by molar-refractivity contribution is 6.00. The lowest BCUT2D eigenvalue weighted by molar-refractivity contribution is -0.121. The average Bonchev–Trinajstić information content (AvgIpc) is 2.81. The van der Waals surface area contributed by atoms with Gasteiger partial charge in [-0.15, -0.1) is 0 Å². The third-order valence-electron chi connectivity index (χ3n) is 2.82. The van der Waals surface area contributed by atoms with E-state index >= 15 is 0 Å². The first-order valence-corrected chi connectivity index (χ1v) is 5.87. The number of carbonyl (C=O) groups is 2. The number of amides is 2. The fourth-order valence-electron chi connectivity index (χ4n) is 1.83. The lowest BCUT2D eigenvalue weighted by Crippen LogP contribution is -2.23. The van der Waals surface area contributed by atoms with Gasteiger partial charge < -0.3 is 15.2 Å².